The van der Waals surface area contributed by atoms with E-state index in [0.29, 0.717) is 48.0 Å². The largest absolute Gasteiger partial charge is 1.00 e. The molecule has 0 atom stereocenters. The molecule has 0 amide bonds. The summed E-state index contributed by atoms with van der Waals surface area (Å²) in [7, 11) is 0. The normalized spacial score (nSPS) is 14.4. The number of halogens is 4. The van der Waals surface area contributed by atoms with Crippen LogP contribution >= 0.6 is 90.4 Å². The fourth-order valence-electron chi connectivity index (χ4n) is 3.77. The molecule has 0 saturated heterocycles. The van der Waals surface area contributed by atoms with E-state index in [1.807, 2.05) is 57.3 Å². The summed E-state index contributed by atoms with van der Waals surface area (Å²) < 4.78 is 14.6. The molecule has 0 radical (unpaired) electrons. The van der Waals surface area contributed by atoms with Gasteiger partial charge in [-0.25, -0.2) is 4.79 Å². The number of phenolic OH excluding ortho intramolecular Hbond substituents is 2. The minimum Gasteiger partial charge on any atom is -1.00 e. The van der Waals surface area contributed by atoms with Crippen molar-refractivity contribution in [3.63, 3.8) is 0 Å². The minimum atomic E-state index is -1.22. The molecule has 150 valence electrons. The third-order valence-electron chi connectivity index (χ3n) is 5.03. The predicted octanol–water partition coefficient (Wildman–Crippen LogP) is 0.317. The molecule has 0 unspecified atom stereocenters. The number of hydrogen-bond donors (Lipinski definition) is 2. The third-order valence-corrected chi connectivity index (χ3v) is 8.68. The van der Waals surface area contributed by atoms with Crippen LogP contribution in [0.2, 0.25) is 0 Å². The molecular weight excluding hydrogens is 874 g/mol. The monoisotopic (exact) mass is 884 g/mol. The van der Waals surface area contributed by atoms with Gasteiger partial charge in [0.1, 0.15) is 11.5 Å². The molecule has 5 rings (SSSR count). The van der Waals surface area contributed by atoms with Gasteiger partial charge in [-0.05, 0) is 109 Å². The van der Waals surface area contributed by atoms with Crippen molar-refractivity contribution in [2.45, 2.75) is 5.60 Å². The maximum atomic E-state index is 12.9. The Morgan fingerprint density at radius 2 is 1.29 bits per heavy atom. The molecule has 1 spiro atoms. The molecule has 0 aromatic heterocycles. The zero-order chi connectivity index (χ0) is 20.7. The van der Waals surface area contributed by atoms with Gasteiger partial charge < -0.3 is 22.5 Å². The van der Waals surface area contributed by atoms with Gasteiger partial charge in [0.2, 0.25) is 0 Å². The first-order valence-corrected chi connectivity index (χ1v) is 12.5. The van der Waals surface area contributed by atoms with E-state index in [9.17, 15) is 15.0 Å². The Morgan fingerprint density at radius 1 is 0.806 bits per heavy atom. The Labute approximate surface area is 279 Å². The molecule has 3 aromatic carbocycles. The number of esters is 1. The molecule has 0 bridgehead atoms. The summed E-state index contributed by atoms with van der Waals surface area (Å²) in [6.07, 6.45) is 0. The van der Waals surface area contributed by atoms with E-state index in [0.717, 1.165) is 0 Å². The van der Waals surface area contributed by atoms with Crippen molar-refractivity contribution in [1.29, 1.82) is 0 Å². The first-order valence-electron chi connectivity index (χ1n) is 8.21. The molecule has 0 aliphatic carbocycles. The first kappa shape index (κ1) is 27.0. The summed E-state index contributed by atoms with van der Waals surface area (Å²) in [6.45, 7) is 0. The van der Waals surface area contributed by atoms with Gasteiger partial charge in [-0.2, -0.15) is 0 Å². The Balaban J connectivity index is 0.00000136. The van der Waals surface area contributed by atoms with Crippen LogP contribution in [0.5, 0.6) is 23.0 Å². The Bertz CT molecular complexity index is 1210. The summed E-state index contributed by atoms with van der Waals surface area (Å²) in [5, 5.41) is 21.0. The number of ether oxygens (including phenoxy) is 2. The second-order valence-corrected chi connectivity index (χ2v) is 11.0. The average Bonchev–Trinajstić information content (AvgIpc) is 3.00. The van der Waals surface area contributed by atoms with Crippen molar-refractivity contribution in [3.05, 3.63) is 72.9 Å². The second kappa shape index (κ2) is 9.84. The minimum absolute atomic E-state index is 0. The summed E-state index contributed by atoms with van der Waals surface area (Å²) in [6, 6.07) is 10.9. The van der Waals surface area contributed by atoms with Gasteiger partial charge in [0.05, 0.1) is 31.0 Å². The van der Waals surface area contributed by atoms with Crippen molar-refractivity contribution >= 4 is 96.3 Å². The number of phenols is 2. The molecule has 11 heteroatoms. The van der Waals surface area contributed by atoms with Crippen LogP contribution < -0.4 is 63.9 Å². The van der Waals surface area contributed by atoms with Crippen LogP contribution in [0.25, 0.3) is 0 Å². The van der Waals surface area contributed by atoms with E-state index in [4.69, 9.17) is 9.47 Å². The van der Waals surface area contributed by atoms with Gasteiger partial charge in [-0.3, -0.25) is 0 Å². The van der Waals surface area contributed by atoms with E-state index in [2.05, 4.69) is 45.2 Å². The Morgan fingerprint density at radius 3 is 1.81 bits per heavy atom. The van der Waals surface area contributed by atoms with Crippen molar-refractivity contribution in [1.82, 2.24) is 0 Å². The third kappa shape index (κ3) is 3.92. The van der Waals surface area contributed by atoms with Crippen LogP contribution in [-0.2, 0) is 10.3 Å². The number of carbonyl (C=O) groups is 1. The van der Waals surface area contributed by atoms with Gasteiger partial charge in [-0.1, -0.05) is 18.2 Å². The number of benzene rings is 3. The number of carbonyl (C=O) groups excluding carboxylic acids is 1. The van der Waals surface area contributed by atoms with Crippen LogP contribution in [0.15, 0.2) is 36.4 Å². The summed E-state index contributed by atoms with van der Waals surface area (Å²) in [5.74, 6) is 0.616. The maximum absolute atomic E-state index is 12.9. The van der Waals surface area contributed by atoms with Crippen molar-refractivity contribution in [2.24, 2.45) is 0 Å². The molecule has 31 heavy (non-hydrogen) atoms. The fraction of sp³-hybridized carbons (Fsp3) is 0.0500. The van der Waals surface area contributed by atoms with Gasteiger partial charge in [0.25, 0.3) is 0 Å². The molecule has 0 fully saturated rings. The van der Waals surface area contributed by atoms with E-state index in [1.54, 1.807) is 24.3 Å². The van der Waals surface area contributed by atoms with Crippen molar-refractivity contribution in [2.75, 3.05) is 0 Å². The standard InChI is InChI=1S/C20H8I4O5.2Na.2H/c21-11-5-9-17(13(23)15(11)25)28-18-10(6-12(22)16(26)14(18)24)20(9)8-4-2-1-3-7(8)19(27)29-20;;;;/h1-6,25-26H;;;;/q;2*+1;2*-1. The van der Waals surface area contributed by atoms with Crippen LogP contribution in [0, 0.1) is 14.3 Å². The smallest absolute Gasteiger partial charge is 1.00 e. The van der Waals surface area contributed by atoms with Gasteiger partial charge in [-0.15, -0.1) is 0 Å². The summed E-state index contributed by atoms with van der Waals surface area (Å²) in [5.41, 5.74) is 1.27. The predicted molar refractivity (Wildman–Crippen MR) is 141 cm³/mol. The topological polar surface area (TPSA) is 76.0 Å². The van der Waals surface area contributed by atoms with Gasteiger partial charge in [0.15, 0.2) is 17.1 Å². The second-order valence-electron chi connectivity index (χ2n) is 6.51. The SMILES string of the molecule is O=C1OC2(c3ccccc31)c1cc(I)c(O)c(I)c1Oc1c2cc(I)c(O)c1I.[H-].[H-].[Na+].[Na+]. The van der Waals surface area contributed by atoms with E-state index in [-0.39, 0.29) is 73.5 Å². The molecule has 2 aliphatic heterocycles. The average molecular weight is 884 g/mol. The molecule has 2 heterocycles. The number of aromatic hydroxyl groups is 2. The zero-order valence-electron chi connectivity index (χ0n) is 18.1. The molecule has 3 aromatic rings. The van der Waals surface area contributed by atoms with Crippen molar-refractivity contribution < 1.29 is 86.4 Å². The quantitative estimate of drug-likeness (QED) is 0.194. The molecule has 5 nitrogen and oxygen atoms in total. The Hall–Kier alpha value is 1.45. The fourth-order valence-corrected chi connectivity index (χ4v) is 7.35. The zero-order valence-corrected chi connectivity index (χ0v) is 28.7. The Kier molecular flexibility index (Phi) is 8.58. The van der Waals surface area contributed by atoms with Crippen LogP contribution in [0.4, 0.5) is 0 Å². The molecule has 2 aliphatic rings. The maximum Gasteiger partial charge on any atom is 1.00 e. The first-order chi connectivity index (χ1) is 13.8. The van der Waals surface area contributed by atoms with E-state index in [1.165, 1.54) is 0 Å². The summed E-state index contributed by atoms with van der Waals surface area (Å²) >= 11 is 8.17. The molecular formula is C20H10I4Na2O5. The van der Waals surface area contributed by atoms with E-state index < -0.39 is 11.6 Å². The van der Waals surface area contributed by atoms with Crippen molar-refractivity contribution in [3.8, 4) is 23.0 Å². The van der Waals surface area contributed by atoms with Crippen LogP contribution in [-0.4, -0.2) is 16.2 Å². The van der Waals surface area contributed by atoms with E-state index >= 15 is 0 Å². The van der Waals surface area contributed by atoms with Crippen LogP contribution in [0.1, 0.15) is 29.9 Å². The molecule has 2 N–H and O–H groups in total. The molecule has 0 saturated carbocycles. The number of rotatable bonds is 0. The number of fused-ring (bicyclic) bond motifs is 6. The van der Waals surface area contributed by atoms with Gasteiger partial charge >= 0.3 is 65.1 Å². The summed E-state index contributed by atoms with van der Waals surface area (Å²) in [4.78, 5) is 12.9. The van der Waals surface area contributed by atoms with Gasteiger partial charge in [0, 0.05) is 5.56 Å². The number of hydrogen-bond acceptors (Lipinski definition) is 5. The van der Waals surface area contributed by atoms with Crippen LogP contribution in [0.3, 0.4) is 0 Å².